The number of carbonyl (C=O) groups excluding carboxylic acids is 2. The normalized spacial score (nSPS) is 14.7. The summed E-state index contributed by atoms with van der Waals surface area (Å²) in [6, 6.07) is 9.84. The zero-order chi connectivity index (χ0) is 19.8. The van der Waals surface area contributed by atoms with Crippen LogP contribution in [0.1, 0.15) is 30.1 Å². The van der Waals surface area contributed by atoms with Gasteiger partial charge in [0.15, 0.2) is 0 Å². The van der Waals surface area contributed by atoms with Gasteiger partial charge in [-0.2, -0.15) is 11.3 Å². The maximum Gasteiger partial charge on any atom is 0.252 e. The van der Waals surface area contributed by atoms with E-state index in [1.807, 2.05) is 22.9 Å². The molecule has 0 spiro atoms. The Kier molecular flexibility index (Phi) is 7.45. The average molecular weight is 401 g/mol. The molecule has 2 amide bonds. The average Bonchev–Trinajstić information content (AvgIpc) is 3.27. The van der Waals surface area contributed by atoms with E-state index >= 15 is 0 Å². The molecule has 7 heteroatoms. The Hall–Kier alpha value is -2.38. The van der Waals surface area contributed by atoms with Crippen molar-refractivity contribution in [2.24, 2.45) is 0 Å². The lowest BCUT2D eigenvalue weighted by Gasteiger charge is -2.35. The van der Waals surface area contributed by atoms with Gasteiger partial charge in [0, 0.05) is 61.5 Å². The first kappa shape index (κ1) is 20.4. The van der Waals surface area contributed by atoms with Crippen molar-refractivity contribution in [2.45, 2.75) is 19.8 Å². The Morgan fingerprint density at radius 1 is 1.07 bits per heavy atom. The molecular formula is C21H28N4O2S. The van der Waals surface area contributed by atoms with Gasteiger partial charge in [-0.1, -0.05) is 6.92 Å². The second-order valence-corrected chi connectivity index (χ2v) is 7.67. The standard InChI is InChI=1S/C21H28N4O2S/c1-2-24-11-13-25(14-12-24)19-7-5-18(6-8-19)23-20(26)4-3-10-22-21(27)17-9-15-28-16-17/h5-9,15-16H,2-4,10-14H2,1H3,(H,22,27)(H,23,26). The third kappa shape index (κ3) is 5.81. The third-order valence-electron chi connectivity index (χ3n) is 4.99. The molecule has 28 heavy (non-hydrogen) atoms. The summed E-state index contributed by atoms with van der Waals surface area (Å²) in [6.45, 7) is 8.06. The highest BCUT2D eigenvalue weighted by molar-refractivity contribution is 7.08. The van der Waals surface area contributed by atoms with Crippen molar-refractivity contribution in [1.29, 1.82) is 0 Å². The zero-order valence-electron chi connectivity index (χ0n) is 16.3. The smallest absolute Gasteiger partial charge is 0.252 e. The Morgan fingerprint density at radius 3 is 2.46 bits per heavy atom. The summed E-state index contributed by atoms with van der Waals surface area (Å²) >= 11 is 1.49. The van der Waals surface area contributed by atoms with Gasteiger partial charge in [-0.25, -0.2) is 0 Å². The number of benzene rings is 1. The molecule has 2 heterocycles. The van der Waals surface area contributed by atoms with Crippen LogP contribution in [-0.4, -0.2) is 56.0 Å². The molecule has 1 aliphatic heterocycles. The van der Waals surface area contributed by atoms with Gasteiger partial charge in [0.25, 0.3) is 5.91 Å². The molecular weight excluding hydrogens is 372 g/mol. The van der Waals surface area contributed by atoms with Crippen molar-refractivity contribution in [2.75, 3.05) is 49.5 Å². The number of anilines is 2. The van der Waals surface area contributed by atoms with E-state index in [2.05, 4.69) is 39.5 Å². The molecule has 1 saturated heterocycles. The van der Waals surface area contributed by atoms with E-state index in [9.17, 15) is 9.59 Å². The molecule has 3 rings (SSSR count). The van der Waals surface area contributed by atoms with E-state index < -0.39 is 0 Å². The first-order chi connectivity index (χ1) is 13.7. The topological polar surface area (TPSA) is 64.7 Å². The van der Waals surface area contributed by atoms with Crippen LogP contribution in [0.2, 0.25) is 0 Å². The van der Waals surface area contributed by atoms with Gasteiger partial charge in [-0.05, 0) is 48.7 Å². The Labute approximate surface area is 170 Å². The minimum atomic E-state index is -0.0861. The highest BCUT2D eigenvalue weighted by Crippen LogP contribution is 2.19. The number of thiophene rings is 1. The molecule has 1 fully saturated rings. The van der Waals surface area contributed by atoms with E-state index in [-0.39, 0.29) is 11.8 Å². The number of hydrogen-bond donors (Lipinski definition) is 2. The number of piperazine rings is 1. The monoisotopic (exact) mass is 400 g/mol. The van der Waals surface area contributed by atoms with Gasteiger partial charge < -0.3 is 20.4 Å². The molecule has 0 aliphatic carbocycles. The second-order valence-electron chi connectivity index (χ2n) is 6.89. The SMILES string of the molecule is CCN1CCN(c2ccc(NC(=O)CCCNC(=O)c3ccsc3)cc2)CC1. The summed E-state index contributed by atoms with van der Waals surface area (Å²) in [7, 11) is 0. The lowest BCUT2D eigenvalue weighted by molar-refractivity contribution is -0.116. The van der Waals surface area contributed by atoms with Crippen molar-refractivity contribution in [3.8, 4) is 0 Å². The summed E-state index contributed by atoms with van der Waals surface area (Å²) in [5.74, 6) is -0.119. The molecule has 2 N–H and O–H groups in total. The molecule has 6 nitrogen and oxygen atoms in total. The fraction of sp³-hybridized carbons (Fsp3) is 0.429. The lowest BCUT2D eigenvalue weighted by atomic mass is 10.2. The number of carbonyl (C=O) groups is 2. The minimum Gasteiger partial charge on any atom is -0.369 e. The van der Waals surface area contributed by atoms with Crippen LogP contribution in [0.3, 0.4) is 0 Å². The van der Waals surface area contributed by atoms with Crippen LogP contribution in [0.25, 0.3) is 0 Å². The summed E-state index contributed by atoms with van der Waals surface area (Å²) in [5.41, 5.74) is 2.68. The van der Waals surface area contributed by atoms with E-state index in [0.717, 1.165) is 38.4 Å². The molecule has 0 radical (unpaired) electrons. The Bertz CT molecular complexity index is 753. The van der Waals surface area contributed by atoms with Crippen LogP contribution in [0.4, 0.5) is 11.4 Å². The number of nitrogens with zero attached hydrogens (tertiary/aromatic N) is 2. The molecule has 2 aromatic rings. The summed E-state index contributed by atoms with van der Waals surface area (Å²) in [6.07, 6.45) is 0.992. The molecule has 1 aliphatic rings. The van der Waals surface area contributed by atoms with Crippen molar-refractivity contribution in [3.63, 3.8) is 0 Å². The molecule has 1 aromatic heterocycles. The quantitative estimate of drug-likeness (QED) is 0.669. The molecule has 1 aromatic carbocycles. The summed E-state index contributed by atoms with van der Waals surface area (Å²) in [5, 5.41) is 9.45. The zero-order valence-corrected chi connectivity index (χ0v) is 17.1. The van der Waals surface area contributed by atoms with E-state index in [0.29, 0.717) is 24.9 Å². The van der Waals surface area contributed by atoms with Gasteiger partial charge in [0.05, 0.1) is 0 Å². The van der Waals surface area contributed by atoms with Crippen LogP contribution < -0.4 is 15.5 Å². The lowest BCUT2D eigenvalue weighted by Crippen LogP contribution is -2.46. The Morgan fingerprint density at radius 2 is 1.82 bits per heavy atom. The molecule has 0 bridgehead atoms. The van der Waals surface area contributed by atoms with Crippen molar-refractivity contribution < 1.29 is 9.59 Å². The van der Waals surface area contributed by atoms with Crippen LogP contribution in [0.5, 0.6) is 0 Å². The molecule has 0 atom stereocenters. The predicted molar refractivity (Wildman–Crippen MR) is 115 cm³/mol. The van der Waals surface area contributed by atoms with Gasteiger partial charge in [0.2, 0.25) is 5.91 Å². The van der Waals surface area contributed by atoms with Crippen molar-refractivity contribution >= 4 is 34.5 Å². The van der Waals surface area contributed by atoms with Crippen LogP contribution in [0, 0.1) is 0 Å². The number of amides is 2. The van der Waals surface area contributed by atoms with E-state index in [1.54, 1.807) is 6.07 Å². The van der Waals surface area contributed by atoms with Crippen LogP contribution >= 0.6 is 11.3 Å². The van der Waals surface area contributed by atoms with Crippen LogP contribution in [-0.2, 0) is 4.79 Å². The summed E-state index contributed by atoms with van der Waals surface area (Å²) in [4.78, 5) is 28.8. The maximum absolute atomic E-state index is 12.1. The highest BCUT2D eigenvalue weighted by atomic mass is 32.1. The second kappa shape index (κ2) is 10.2. The fourth-order valence-electron chi connectivity index (χ4n) is 3.25. The van der Waals surface area contributed by atoms with E-state index in [4.69, 9.17) is 0 Å². The third-order valence-corrected chi connectivity index (χ3v) is 5.67. The fourth-order valence-corrected chi connectivity index (χ4v) is 3.88. The predicted octanol–water partition coefficient (Wildman–Crippen LogP) is 3.04. The number of likely N-dealkylation sites (N-methyl/N-ethyl adjacent to an activating group) is 1. The minimum absolute atomic E-state index is 0.0332. The molecule has 0 unspecified atom stereocenters. The number of rotatable bonds is 8. The van der Waals surface area contributed by atoms with Gasteiger partial charge in [0.1, 0.15) is 0 Å². The Balaban J connectivity index is 1.36. The number of nitrogens with one attached hydrogen (secondary N) is 2. The van der Waals surface area contributed by atoms with Crippen LogP contribution in [0.15, 0.2) is 41.1 Å². The molecule has 0 saturated carbocycles. The maximum atomic E-state index is 12.1. The van der Waals surface area contributed by atoms with Gasteiger partial charge in [-0.3, -0.25) is 9.59 Å². The van der Waals surface area contributed by atoms with Crippen molar-refractivity contribution in [1.82, 2.24) is 10.2 Å². The van der Waals surface area contributed by atoms with E-state index in [1.165, 1.54) is 17.0 Å². The largest absolute Gasteiger partial charge is 0.369 e. The first-order valence-corrected chi connectivity index (χ1v) is 10.8. The van der Waals surface area contributed by atoms with Gasteiger partial charge in [-0.15, -0.1) is 0 Å². The highest BCUT2D eigenvalue weighted by Gasteiger charge is 2.15. The number of hydrogen-bond acceptors (Lipinski definition) is 5. The van der Waals surface area contributed by atoms with Crippen molar-refractivity contribution in [3.05, 3.63) is 46.7 Å². The summed E-state index contributed by atoms with van der Waals surface area (Å²) < 4.78 is 0. The molecule has 150 valence electrons. The van der Waals surface area contributed by atoms with Gasteiger partial charge >= 0.3 is 0 Å². The first-order valence-electron chi connectivity index (χ1n) is 9.83.